The molecule has 2 fully saturated rings. The molecule has 0 aromatic carbocycles. The van der Waals surface area contributed by atoms with E-state index in [0.29, 0.717) is 25.4 Å². The molecule has 6 N–H and O–H groups in total. The van der Waals surface area contributed by atoms with Gasteiger partial charge in [0.15, 0.2) is 12.3 Å². The molecule has 3 rings (SSSR count). The van der Waals surface area contributed by atoms with Crippen LogP contribution in [-0.4, -0.2) is 97.9 Å². The van der Waals surface area contributed by atoms with Crippen molar-refractivity contribution in [1.82, 2.24) is 9.55 Å². The SMILES string of the molecule is CCCCC/C=C\CC1OC1C/C=C\C/C=C\CCCC(=O)OC[C@H](COP(=O)(O)OP(=O)(O)OC[C@H]1O[C@@H](n2ccc(N)nc2=O)[C@H](O)[C@@H]1O)OC(=O)CCCCCCCCCCCCCCCCCCCCC(C)CC. The molecule has 21 heteroatoms. The zero-order valence-electron chi connectivity index (χ0n) is 47.3. The van der Waals surface area contributed by atoms with Crippen molar-refractivity contribution in [2.24, 2.45) is 5.92 Å². The van der Waals surface area contributed by atoms with Gasteiger partial charge in [0.2, 0.25) is 0 Å². The minimum atomic E-state index is -5.44. The molecule has 5 unspecified atom stereocenters. The van der Waals surface area contributed by atoms with E-state index in [2.05, 4.69) is 54.4 Å². The highest BCUT2D eigenvalue weighted by molar-refractivity contribution is 7.61. The number of hydrogen-bond donors (Lipinski definition) is 5. The van der Waals surface area contributed by atoms with Crippen LogP contribution in [0.3, 0.4) is 0 Å². The van der Waals surface area contributed by atoms with Crippen molar-refractivity contribution in [3.8, 4) is 0 Å². The lowest BCUT2D eigenvalue weighted by atomic mass is 9.99. The number of anilines is 1. The summed E-state index contributed by atoms with van der Waals surface area (Å²) in [6.45, 7) is 4.48. The first-order valence-electron chi connectivity index (χ1n) is 29.5. The number of ether oxygens (including phenoxy) is 4. The Morgan fingerprint density at radius 1 is 0.679 bits per heavy atom. The van der Waals surface area contributed by atoms with Crippen LogP contribution >= 0.6 is 15.6 Å². The second-order valence-corrected chi connectivity index (χ2v) is 24.2. The molecule has 78 heavy (non-hydrogen) atoms. The summed E-state index contributed by atoms with van der Waals surface area (Å²) in [4.78, 5) is 62.2. The third-order valence-electron chi connectivity index (χ3n) is 14.2. The fourth-order valence-corrected chi connectivity index (χ4v) is 11.2. The summed E-state index contributed by atoms with van der Waals surface area (Å²) in [6.07, 6.45) is 39.6. The molecule has 0 saturated carbocycles. The first kappa shape index (κ1) is 69.2. The maximum Gasteiger partial charge on any atom is 0.481 e. The maximum atomic E-state index is 12.9. The fourth-order valence-electron chi connectivity index (χ4n) is 9.09. The number of nitrogens with zero attached hydrogens (tertiary/aromatic N) is 2. The van der Waals surface area contributed by atoms with Gasteiger partial charge < -0.3 is 44.7 Å². The van der Waals surface area contributed by atoms with E-state index in [1.165, 1.54) is 128 Å². The Hall–Kier alpha value is -3.06. The first-order chi connectivity index (χ1) is 37.5. The lowest BCUT2D eigenvalue weighted by Crippen LogP contribution is -2.36. The predicted octanol–water partition coefficient (Wildman–Crippen LogP) is 12.4. The molecule has 10 atom stereocenters. The number of phosphoric acid groups is 2. The maximum absolute atomic E-state index is 12.9. The molecule has 0 radical (unpaired) electrons. The smallest absolute Gasteiger partial charge is 0.462 e. The van der Waals surface area contributed by atoms with Gasteiger partial charge in [-0.2, -0.15) is 9.29 Å². The number of allylic oxidation sites excluding steroid dienone is 4. The monoisotopic (exact) mass is 1140 g/mol. The van der Waals surface area contributed by atoms with Crippen LogP contribution in [0.5, 0.6) is 0 Å². The summed E-state index contributed by atoms with van der Waals surface area (Å²) in [7, 11) is -10.9. The van der Waals surface area contributed by atoms with Gasteiger partial charge >= 0.3 is 33.3 Å². The van der Waals surface area contributed by atoms with E-state index in [1.807, 2.05) is 12.2 Å². The summed E-state index contributed by atoms with van der Waals surface area (Å²) < 4.78 is 62.8. The standard InChI is InChI=1S/C57H99N3O16P2/c1-4-6-7-8-27-32-37-48-49(74-48)38-33-28-23-21-25-29-34-39-52(61)70-43-47(73-53(62)40-35-30-24-20-18-16-14-12-10-9-11-13-15-17-19-22-26-31-36-46(3)5-2)44-71-77(66,67)76-78(68,69)72-45-50-54(63)55(64)56(75-50)60-42-41-51(58)59-57(60)65/h21,25,27-28,32-33,41-42,46-50,54-56,63-64H,4-20,22-24,26,29-31,34-40,43-45H2,1-3H3,(H,66,67)(H,68,69)(H2,58,59,65)/b25-21-,32-27-,33-28-/t46?,47-,48?,49?,50-,54-,55-,56-/m1/s1. The Kier molecular flexibility index (Phi) is 36.4. The summed E-state index contributed by atoms with van der Waals surface area (Å²) in [6, 6.07) is 1.25. The van der Waals surface area contributed by atoms with Gasteiger partial charge in [-0.05, 0) is 63.4 Å². The van der Waals surface area contributed by atoms with Crippen LogP contribution in [0.25, 0.3) is 0 Å². The van der Waals surface area contributed by atoms with Gasteiger partial charge in [0.25, 0.3) is 0 Å². The molecule has 1 aromatic rings. The molecule has 448 valence electrons. The van der Waals surface area contributed by atoms with Crippen LogP contribution in [0.4, 0.5) is 5.82 Å². The molecular formula is C57H99N3O16P2. The van der Waals surface area contributed by atoms with E-state index in [0.717, 1.165) is 61.9 Å². The lowest BCUT2D eigenvalue weighted by molar-refractivity contribution is -0.161. The van der Waals surface area contributed by atoms with Crippen molar-refractivity contribution in [2.45, 2.75) is 263 Å². The van der Waals surface area contributed by atoms with Crippen molar-refractivity contribution in [3.63, 3.8) is 0 Å². The van der Waals surface area contributed by atoms with E-state index < -0.39 is 83.7 Å². The second kappa shape index (κ2) is 41.0. The van der Waals surface area contributed by atoms with E-state index in [1.54, 1.807) is 0 Å². The van der Waals surface area contributed by atoms with Crippen molar-refractivity contribution < 1.29 is 71.0 Å². The Morgan fingerprint density at radius 2 is 1.22 bits per heavy atom. The number of aliphatic hydroxyl groups excluding tert-OH is 2. The third-order valence-corrected chi connectivity index (χ3v) is 16.8. The lowest BCUT2D eigenvalue weighted by Gasteiger charge is -2.21. The van der Waals surface area contributed by atoms with Gasteiger partial charge in [-0.1, -0.05) is 192 Å². The summed E-state index contributed by atoms with van der Waals surface area (Å²) in [5.41, 5.74) is 4.60. The van der Waals surface area contributed by atoms with Crippen LogP contribution < -0.4 is 11.4 Å². The molecule has 2 saturated heterocycles. The van der Waals surface area contributed by atoms with Crippen LogP contribution in [0, 0.1) is 5.92 Å². The minimum Gasteiger partial charge on any atom is -0.462 e. The van der Waals surface area contributed by atoms with Gasteiger partial charge in [0.05, 0.1) is 25.4 Å². The molecule has 0 spiro atoms. The zero-order chi connectivity index (χ0) is 56.9. The molecule has 19 nitrogen and oxygen atoms in total. The van der Waals surface area contributed by atoms with E-state index in [4.69, 9.17) is 33.7 Å². The fraction of sp³-hybridized carbons (Fsp3) is 0.789. The molecular weight excluding hydrogens is 1040 g/mol. The number of carbonyl (C=O) groups is 2. The Morgan fingerprint density at radius 3 is 1.82 bits per heavy atom. The van der Waals surface area contributed by atoms with E-state index in [-0.39, 0.29) is 24.8 Å². The van der Waals surface area contributed by atoms with Crippen LogP contribution in [0.2, 0.25) is 0 Å². The second-order valence-electron chi connectivity index (χ2n) is 21.1. The molecule has 2 aliphatic rings. The average molecular weight is 1140 g/mol. The minimum absolute atomic E-state index is 0.0389. The Labute approximate surface area is 465 Å². The van der Waals surface area contributed by atoms with Crippen molar-refractivity contribution >= 4 is 33.4 Å². The van der Waals surface area contributed by atoms with Crippen molar-refractivity contribution in [2.75, 3.05) is 25.6 Å². The number of aliphatic hydroxyl groups is 2. The predicted molar refractivity (Wildman–Crippen MR) is 302 cm³/mol. The van der Waals surface area contributed by atoms with E-state index in [9.17, 15) is 43.5 Å². The van der Waals surface area contributed by atoms with Gasteiger partial charge in [-0.3, -0.25) is 23.2 Å². The van der Waals surface area contributed by atoms with Crippen LogP contribution in [0.15, 0.2) is 53.5 Å². The molecule has 1 aromatic heterocycles. The van der Waals surface area contributed by atoms with Gasteiger partial charge in [-0.25, -0.2) is 13.9 Å². The number of epoxide rings is 1. The van der Waals surface area contributed by atoms with Crippen LogP contribution in [-0.2, 0) is 51.0 Å². The van der Waals surface area contributed by atoms with E-state index >= 15 is 0 Å². The summed E-state index contributed by atoms with van der Waals surface area (Å²) in [5, 5.41) is 21.0. The van der Waals surface area contributed by atoms with Crippen molar-refractivity contribution in [1.29, 1.82) is 0 Å². The molecule has 0 amide bonds. The molecule has 3 heterocycles. The van der Waals surface area contributed by atoms with Gasteiger partial charge in [-0.15, -0.1) is 0 Å². The number of nitrogen functional groups attached to an aromatic ring is 1. The average Bonchev–Trinajstić information content (AvgIpc) is 4.12. The number of carbonyl (C=O) groups excluding carboxylic acids is 2. The summed E-state index contributed by atoms with van der Waals surface area (Å²) in [5.74, 6) is -0.491. The molecule has 0 aliphatic carbocycles. The molecule has 2 aliphatic heterocycles. The number of nitrogens with two attached hydrogens (primary N) is 1. The zero-order valence-corrected chi connectivity index (χ0v) is 49.1. The van der Waals surface area contributed by atoms with Crippen LogP contribution in [0.1, 0.15) is 226 Å². The number of aromatic nitrogens is 2. The Bertz CT molecular complexity index is 2040. The quantitative estimate of drug-likeness (QED) is 0.0133. The highest BCUT2D eigenvalue weighted by Gasteiger charge is 2.46. The third kappa shape index (κ3) is 32.4. The van der Waals surface area contributed by atoms with Gasteiger partial charge in [0, 0.05) is 19.0 Å². The largest absolute Gasteiger partial charge is 0.481 e. The number of phosphoric ester groups is 2. The molecule has 0 bridgehead atoms. The number of hydrogen-bond acceptors (Lipinski definition) is 16. The topological polar surface area (TPSA) is 278 Å². The first-order valence-corrected chi connectivity index (χ1v) is 32.5. The number of unbranched alkanes of at least 4 members (excludes halogenated alkanes) is 21. The highest BCUT2D eigenvalue weighted by atomic mass is 31.3. The Balaban J connectivity index is 1.36. The summed E-state index contributed by atoms with van der Waals surface area (Å²) >= 11 is 0. The highest BCUT2D eigenvalue weighted by Crippen LogP contribution is 2.60. The van der Waals surface area contributed by atoms with Gasteiger partial charge in [0.1, 0.15) is 30.7 Å². The van der Waals surface area contributed by atoms with Crippen molar-refractivity contribution in [3.05, 3.63) is 59.2 Å². The number of rotatable bonds is 48. The number of esters is 2. The normalized spacial score (nSPS) is 21.8.